The van der Waals surface area contributed by atoms with Crippen LogP contribution in [0.4, 0.5) is 0 Å². The van der Waals surface area contributed by atoms with Crippen molar-refractivity contribution in [1.82, 2.24) is 15.5 Å². The van der Waals surface area contributed by atoms with Gasteiger partial charge in [0.25, 0.3) is 0 Å². The third-order valence-corrected chi connectivity index (χ3v) is 12.1. The number of rotatable bonds is 12. The van der Waals surface area contributed by atoms with Gasteiger partial charge in [-0.25, -0.2) is 4.79 Å². The molecule has 2 spiro atoms. The van der Waals surface area contributed by atoms with Crippen molar-refractivity contribution in [3.05, 3.63) is 71.3 Å². The summed E-state index contributed by atoms with van der Waals surface area (Å²) in [6, 6.07) is 12.2. The van der Waals surface area contributed by atoms with E-state index in [1.807, 2.05) is 50.2 Å². The fraction of sp³-hybridized carbons (Fsp3) is 0.564. The zero-order valence-corrected chi connectivity index (χ0v) is 29.4. The highest BCUT2D eigenvalue weighted by atomic mass is 16.6. The number of esters is 1. The maximum absolute atomic E-state index is 14.8. The molecule has 8 atom stereocenters. The summed E-state index contributed by atoms with van der Waals surface area (Å²) in [5.41, 5.74) is 1.52. The van der Waals surface area contributed by atoms with Gasteiger partial charge in [0.2, 0.25) is 11.8 Å². The average molecular weight is 672 g/mol. The van der Waals surface area contributed by atoms with Crippen LogP contribution in [0.2, 0.25) is 0 Å². The molecule has 2 aromatic rings. The van der Waals surface area contributed by atoms with Gasteiger partial charge in [-0.3, -0.25) is 9.59 Å². The summed E-state index contributed by atoms with van der Waals surface area (Å²) in [7, 11) is 5.50. The zero-order valence-electron chi connectivity index (χ0n) is 29.4. The zero-order chi connectivity index (χ0) is 34.7. The van der Waals surface area contributed by atoms with E-state index in [1.54, 1.807) is 21.1 Å². The molecule has 2 aromatic carbocycles. The van der Waals surface area contributed by atoms with Crippen molar-refractivity contribution >= 4 is 17.8 Å². The quantitative estimate of drug-likeness (QED) is 0.259. The lowest BCUT2D eigenvalue weighted by Crippen LogP contribution is -2.80. The number of amides is 2. The Labute approximate surface area is 288 Å². The van der Waals surface area contributed by atoms with Gasteiger partial charge in [0.05, 0.1) is 25.0 Å². The molecule has 49 heavy (non-hydrogen) atoms. The number of ether oxygens (including phenoxy) is 4. The van der Waals surface area contributed by atoms with Gasteiger partial charge in [0.15, 0.2) is 11.5 Å². The van der Waals surface area contributed by atoms with Crippen LogP contribution in [0.15, 0.2) is 54.6 Å². The van der Waals surface area contributed by atoms with Crippen molar-refractivity contribution in [2.45, 2.75) is 88.1 Å². The lowest BCUT2D eigenvalue weighted by atomic mass is 9.37. The largest absolute Gasteiger partial charge is 0.493 e. The number of carbonyl (C=O) groups is 3. The van der Waals surface area contributed by atoms with Crippen LogP contribution in [0.5, 0.6) is 11.5 Å². The molecule has 262 valence electrons. The molecule has 2 amide bonds. The van der Waals surface area contributed by atoms with Crippen LogP contribution in [-0.4, -0.2) is 86.9 Å². The molecule has 10 heteroatoms. The van der Waals surface area contributed by atoms with Crippen LogP contribution < -0.4 is 20.1 Å². The number of carbonyl (C=O) groups excluding carboxylic acids is 3. The van der Waals surface area contributed by atoms with Gasteiger partial charge in [-0.15, -0.1) is 0 Å². The van der Waals surface area contributed by atoms with Crippen molar-refractivity contribution in [1.29, 1.82) is 0 Å². The van der Waals surface area contributed by atoms with Crippen molar-refractivity contribution in [2.75, 3.05) is 34.4 Å². The summed E-state index contributed by atoms with van der Waals surface area (Å²) < 4.78 is 24.6. The van der Waals surface area contributed by atoms with Gasteiger partial charge in [-0.2, -0.15) is 0 Å². The lowest BCUT2D eigenvalue weighted by Gasteiger charge is -2.70. The number of methoxy groups -OCH3 is 2. The molecule has 1 saturated heterocycles. The average Bonchev–Trinajstić information content (AvgIpc) is 3.47. The van der Waals surface area contributed by atoms with Crippen LogP contribution in [0.3, 0.4) is 0 Å². The summed E-state index contributed by atoms with van der Waals surface area (Å²) >= 11 is 0. The number of benzene rings is 2. The highest BCUT2D eigenvalue weighted by Crippen LogP contribution is 2.74. The normalized spacial score (nSPS) is 31.4. The number of hydrogen-bond donors (Lipinski definition) is 2. The summed E-state index contributed by atoms with van der Waals surface area (Å²) in [5, 5.41) is 6.08. The van der Waals surface area contributed by atoms with Gasteiger partial charge in [0, 0.05) is 30.6 Å². The minimum atomic E-state index is -1.08. The second-order valence-electron chi connectivity index (χ2n) is 14.9. The predicted octanol–water partition coefficient (Wildman–Crippen LogP) is 3.74. The molecule has 8 rings (SSSR count). The number of likely N-dealkylation sites (N-methyl/N-ethyl adjacent to an activating group) is 1. The van der Waals surface area contributed by atoms with Gasteiger partial charge >= 0.3 is 5.97 Å². The van der Waals surface area contributed by atoms with Crippen molar-refractivity contribution in [2.24, 2.45) is 17.3 Å². The first-order valence-electron chi connectivity index (χ1n) is 17.7. The standard InChI is InChI=1S/C39H49N3O7/c1-7-48-35(45)28(19-23(2)3)41-34(44)27(20-24-11-9-8-10-12-24)40-33(43)26-22-37-15-16-39(26,47-6)36-38(37)17-18-42(4)30(37)21-25-13-14-29(46-5)32(49-36)31(25)38/h8-16,23,26-28,30,36H,7,17-22H2,1-6H3,(H,40,43)(H,41,44)/t26-,27-,28+,30+,36-,37+,38-,39+/m0/s1. The SMILES string of the molecule is CCOC(=O)[C@@H](CC(C)C)NC(=O)[C@H](Cc1ccccc1)NC(=O)[C@@H]1C[C@@]23C=C[C@]1(OC)[C@H]1Oc4c(OC)ccc5c4[C@@]12CCN(C)[C@@H]3C5. The van der Waals surface area contributed by atoms with Crippen molar-refractivity contribution in [3.63, 3.8) is 0 Å². The number of fused-ring (bicyclic) bond motifs is 1. The molecular weight excluding hydrogens is 622 g/mol. The Kier molecular flexibility index (Phi) is 8.54. The van der Waals surface area contributed by atoms with E-state index in [-0.39, 0.29) is 41.7 Å². The maximum atomic E-state index is 14.8. The smallest absolute Gasteiger partial charge is 0.328 e. The van der Waals surface area contributed by atoms with E-state index in [0.29, 0.717) is 18.6 Å². The lowest BCUT2D eigenvalue weighted by molar-refractivity contribution is -0.214. The molecular formula is C39H49N3O7. The Morgan fingerprint density at radius 1 is 1.04 bits per heavy atom. The predicted molar refractivity (Wildman–Crippen MR) is 183 cm³/mol. The Morgan fingerprint density at radius 2 is 1.82 bits per heavy atom. The Balaban J connectivity index is 1.25. The highest BCUT2D eigenvalue weighted by Gasteiger charge is 2.79. The molecule has 10 nitrogen and oxygen atoms in total. The molecule has 6 aliphatic rings. The van der Waals surface area contributed by atoms with Crippen LogP contribution in [0, 0.1) is 17.3 Å². The van der Waals surface area contributed by atoms with Gasteiger partial charge < -0.3 is 34.5 Å². The summed E-state index contributed by atoms with van der Waals surface area (Å²) in [4.78, 5) is 44.2. The van der Waals surface area contributed by atoms with Gasteiger partial charge in [-0.1, -0.05) is 62.4 Å². The summed E-state index contributed by atoms with van der Waals surface area (Å²) in [6.45, 7) is 6.84. The third kappa shape index (κ3) is 4.92. The van der Waals surface area contributed by atoms with Crippen LogP contribution in [-0.2, 0) is 42.1 Å². The van der Waals surface area contributed by atoms with E-state index < -0.39 is 41.6 Å². The molecule has 2 fully saturated rings. The van der Waals surface area contributed by atoms with Crippen molar-refractivity contribution < 1.29 is 33.3 Å². The number of likely N-dealkylation sites (tertiary alicyclic amines) is 1. The van der Waals surface area contributed by atoms with Gasteiger partial charge in [-0.05, 0) is 69.3 Å². The van der Waals surface area contributed by atoms with Crippen LogP contribution in [0.1, 0.15) is 56.7 Å². The van der Waals surface area contributed by atoms with E-state index in [0.717, 1.165) is 30.7 Å². The molecule has 0 radical (unpaired) electrons. The minimum absolute atomic E-state index is 0.136. The first-order valence-corrected chi connectivity index (χ1v) is 17.7. The molecule has 1 saturated carbocycles. The Bertz CT molecular complexity index is 1660. The fourth-order valence-corrected chi connectivity index (χ4v) is 10.0. The monoisotopic (exact) mass is 671 g/mol. The second-order valence-corrected chi connectivity index (χ2v) is 14.9. The first kappa shape index (κ1) is 33.6. The first-order chi connectivity index (χ1) is 23.5. The molecule has 2 heterocycles. The number of nitrogens with zero attached hydrogens (tertiary/aromatic N) is 1. The van der Waals surface area contributed by atoms with Gasteiger partial charge in [0.1, 0.15) is 23.8 Å². The van der Waals surface area contributed by atoms with Crippen LogP contribution in [0.25, 0.3) is 0 Å². The number of nitrogens with one attached hydrogen (secondary N) is 2. The summed E-state index contributed by atoms with van der Waals surface area (Å²) in [6.07, 6.45) is 6.86. The highest BCUT2D eigenvalue weighted by molar-refractivity contribution is 5.92. The van der Waals surface area contributed by atoms with E-state index in [2.05, 4.69) is 40.8 Å². The molecule has 0 aromatic heterocycles. The second kappa shape index (κ2) is 12.5. The van der Waals surface area contributed by atoms with Crippen LogP contribution >= 0.6 is 0 Å². The summed E-state index contributed by atoms with van der Waals surface area (Å²) in [5.74, 6) is -0.226. The Morgan fingerprint density at radius 3 is 2.51 bits per heavy atom. The molecule has 4 bridgehead atoms. The molecule has 2 N–H and O–H groups in total. The molecule has 0 unspecified atom stereocenters. The molecule has 4 aliphatic carbocycles. The topological polar surface area (TPSA) is 115 Å². The van der Waals surface area contributed by atoms with E-state index in [1.165, 1.54) is 11.1 Å². The minimum Gasteiger partial charge on any atom is -0.493 e. The maximum Gasteiger partial charge on any atom is 0.328 e. The number of hydrogen-bond acceptors (Lipinski definition) is 8. The third-order valence-electron chi connectivity index (χ3n) is 12.1. The van der Waals surface area contributed by atoms with E-state index in [4.69, 9.17) is 18.9 Å². The molecule has 2 aliphatic heterocycles. The Hall–Kier alpha value is -3.89. The van der Waals surface area contributed by atoms with E-state index in [9.17, 15) is 14.4 Å². The van der Waals surface area contributed by atoms with E-state index >= 15 is 0 Å². The fourth-order valence-electron chi connectivity index (χ4n) is 10.0. The van der Waals surface area contributed by atoms with Crippen molar-refractivity contribution in [3.8, 4) is 11.5 Å². The number of piperidine rings is 1.